The van der Waals surface area contributed by atoms with Gasteiger partial charge in [-0.2, -0.15) is 0 Å². The number of hydrogen-bond acceptors (Lipinski definition) is 5. The molecule has 0 heterocycles. The van der Waals surface area contributed by atoms with Crippen LogP contribution in [0.4, 0.5) is 4.79 Å². The summed E-state index contributed by atoms with van der Waals surface area (Å²) < 4.78 is 5.09. The Labute approximate surface area is 203 Å². The summed E-state index contributed by atoms with van der Waals surface area (Å²) in [7, 11) is 0. The lowest BCUT2D eigenvalue weighted by Crippen LogP contribution is -2.49. The first-order valence-corrected chi connectivity index (χ1v) is 11.3. The van der Waals surface area contributed by atoms with Crippen LogP contribution in [0.15, 0.2) is 78.9 Å². The number of carbonyl (C=O) groups is 3. The molecule has 0 bridgehead atoms. The second kappa shape index (κ2) is 10.8. The fraction of sp³-hybridized carbons (Fsp3) is 0.222. The summed E-state index contributed by atoms with van der Waals surface area (Å²) in [6.07, 6.45) is -2.20. The summed E-state index contributed by atoms with van der Waals surface area (Å²) in [6, 6.07) is 23.6. The van der Waals surface area contributed by atoms with Crippen LogP contribution in [0.2, 0.25) is 0 Å². The molecule has 8 nitrogen and oxygen atoms in total. The first kappa shape index (κ1) is 24.0. The Morgan fingerprint density at radius 3 is 2.06 bits per heavy atom. The highest BCUT2D eigenvalue weighted by Gasteiger charge is 2.38. The molecule has 35 heavy (non-hydrogen) atoms. The maximum absolute atomic E-state index is 12.7. The van der Waals surface area contributed by atoms with Crippen molar-refractivity contribution in [3.63, 3.8) is 0 Å². The molecular weight excluding hydrogens is 446 g/mol. The quantitative estimate of drug-likeness (QED) is 0.379. The second-order valence-electron chi connectivity index (χ2n) is 8.40. The van der Waals surface area contributed by atoms with Gasteiger partial charge in [0, 0.05) is 12.5 Å². The summed E-state index contributed by atoms with van der Waals surface area (Å²) in [5, 5.41) is 15.4. The molecule has 0 unspecified atom stereocenters. The Balaban J connectivity index is 1.34. The van der Waals surface area contributed by atoms with Gasteiger partial charge in [0.1, 0.15) is 12.6 Å². The molecule has 8 heteroatoms. The number of aliphatic hydroxyl groups is 1. The van der Waals surface area contributed by atoms with Crippen LogP contribution < -0.4 is 16.4 Å². The van der Waals surface area contributed by atoms with Crippen molar-refractivity contribution in [2.75, 3.05) is 6.54 Å². The lowest BCUT2D eigenvalue weighted by atomic mass is 9.88. The van der Waals surface area contributed by atoms with E-state index < -0.39 is 36.0 Å². The van der Waals surface area contributed by atoms with Crippen LogP contribution in [-0.4, -0.2) is 41.7 Å². The third-order valence-corrected chi connectivity index (χ3v) is 5.95. The molecule has 0 aromatic heterocycles. The summed E-state index contributed by atoms with van der Waals surface area (Å²) in [4.78, 5) is 37.0. The average molecular weight is 474 g/mol. The van der Waals surface area contributed by atoms with E-state index in [-0.39, 0.29) is 19.6 Å². The standard InChI is InChI=1S/C27H27N3O5/c28-26(33)25(24-21-12-6-4-10-19(21)20-11-5-7-13-22(20)24)30-23(32)14-18(31)15-29-27(34)35-16-17-8-2-1-3-9-17/h1-13,18,24-25,31H,14-16H2,(H2,28,33)(H,29,34)(H,30,32)/t18-,25+/m1/s1. The molecular formula is C27H27N3O5. The average Bonchev–Trinajstić information content (AvgIpc) is 3.19. The molecule has 0 fully saturated rings. The van der Waals surface area contributed by atoms with Crippen LogP contribution in [-0.2, 0) is 20.9 Å². The number of rotatable bonds is 9. The molecule has 3 amide bonds. The van der Waals surface area contributed by atoms with E-state index in [0.29, 0.717) is 0 Å². The zero-order valence-electron chi connectivity index (χ0n) is 19.0. The van der Waals surface area contributed by atoms with Crippen molar-refractivity contribution < 1.29 is 24.2 Å². The van der Waals surface area contributed by atoms with Crippen LogP contribution in [0, 0.1) is 0 Å². The van der Waals surface area contributed by atoms with Gasteiger partial charge in [0.25, 0.3) is 0 Å². The molecule has 0 saturated heterocycles. The normalized spacial score (nSPS) is 13.7. The van der Waals surface area contributed by atoms with Crippen molar-refractivity contribution in [2.45, 2.75) is 31.1 Å². The topological polar surface area (TPSA) is 131 Å². The van der Waals surface area contributed by atoms with E-state index in [1.54, 1.807) is 0 Å². The van der Waals surface area contributed by atoms with Gasteiger partial charge in [-0.3, -0.25) is 9.59 Å². The molecule has 4 rings (SSSR count). The van der Waals surface area contributed by atoms with E-state index in [2.05, 4.69) is 10.6 Å². The van der Waals surface area contributed by atoms with Crippen molar-refractivity contribution in [3.8, 4) is 11.1 Å². The summed E-state index contributed by atoms with van der Waals surface area (Å²) in [5.41, 5.74) is 10.3. The fourth-order valence-corrected chi connectivity index (χ4v) is 4.37. The number of carbonyl (C=O) groups excluding carboxylic acids is 3. The van der Waals surface area contributed by atoms with Gasteiger partial charge in [0.05, 0.1) is 12.5 Å². The second-order valence-corrected chi connectivity index (χ2v) is 8.40. The third-order valence-electron chi connectivity index (χ3n) is 5.95. The maximum atomic E-state index is 12.7. The van der Waals surface area contributed by atoms with Gasteiger partial charge < -0.3 is 26.2 Å². The van der Waals surface area contributed by atoms with Crippen LogP contribution >= 0.6 is 0 Å². The molecule has 5 N–H and O–H groups in total. The minimum atomic E-state index is -1.17. The van der Waals surface area contributed by atoms with Gasteiger partial charge >= 0.3 is 6.09 Å². The molecule has 1 aliphatic carbocycles. The fourth-order valence-electron chi connectivity index (χ4n) is 4.37. The number of aliphatic hydroxyl groups excluding tert-OH is 1. The first-order valence-electron chi connectivity index (χ1n) is 11.3. The smallest absolute Gasteiger partial charge is 0.407 e. The number of hydrogen-bond donors (Lipinski definition) is 4. The molecule has 0 spiro atoms. The molecule has 0 saturated carbocycles. The van der Waals surface area contributed by atoms with Crippen molar-refractivity contribution in [1.82, 2.24) is 10.6 Å². The molecule has 3 aromatic rings. The number of primary amides is 1. The van der Waals surface area contributed by atoms with E-state index in [1.807, 2.05) is 78.9 Å². The monoisotopic (exact) mass is 473 g/mol. The van der Waals surface area contributed by atoms with Gasteiger partial charge in [0.15, 0.2) is 0 Å². The van der Waals surface area contributed by atoms with Crippen LogP contribution in [0.3, 0.4) is 0 Å². The van der Waals surface area contributed by atoms with E-state index in [0.717, 1.165) is 27.8 Å². The molecule has 3 aromatic carbocycles. The van der Waals surface area contributed by atoms with E-state index >= 15 is 0 Å². The van der Waals surface area contributed by atoms with Crippen molar-refractivity contribution in [3.05, 3.63) is 95.6 Å². The lowest BCUT2D eigenvalue weighted by Gasteiger charge is -2.24. The minimum absolute atomic E-state index is 0.0912. The number of nitrogens with two attached hydrogens (primary N) is 1. The van der Waals surface area contributed by atoms with E-state index in [4.69, 9.17) is 10.5 Å². The zero-order chi connectivity index (χ0) is 24.8. The predicted octanol–water partition coefficient (Wildman–Crippen LogP) is 2.45. The van der Waals surface area contributed by atoms with Gasteiger partial charge in [-0.15, -0.1) is 0 Å². The highest BCUT2D eigenvalue weighted by molar-refractivity contribution is 5.91. The van der Waals surface area contributed by atoms with Crippen LogP contribution in [0.5, 0.6) is 0 Å². The number of fused-ring (bicyclic) bond motifs is 3. The first-order chi connectivity index (χ1) is 16.9. The SMILES string of the molecule is NC(=O)[C@@H](NC(=O)C[C@@H](O)CNC(=O)OCc1ccccc1)C1c2ccccc2-c2ccccc21. The van der Waals surface area contributed by atoms with Gasteiger partial charge in [0.2, 0.25) is 11.8 Å². The minimum Gasteiger partial charge on any atom is -0.445 e. The summed E-state index contributed by atoms with van der Waals surface area (Å²) in [6.45, 7) is -0.0920. The molecule has 180 valence electrons. The lowest BCUT2D eigenvalue weighted by molar-refractivity contribution is -0.128. The third kappa shape index (κ3) is 5.67. The largest absolute Gasteiger partial charge is 0.445 e. The van der Waals surface area contributed by atoms with E-state index in [1.165, 1.54) is 0 Å². The molecule has 0 radical (unpaired) electrons. The number of amides is 3. The summed E-state index contributed by atoms with van der Waals surface area (Å²) in [5.74, 6) is -1.67. The van der Waals surface area contributed by atoms with Gasteiger partial charge in [-0.1, -0.05) is 78.9 Å². The Hall–Kier alpha value is -4.17. The van der Waals surface area contributed by atoms with Gasteiger partial charge in [-0.05, 0) is 27.8 Å². The summed E-state index contributed by atoms with van der Waals surface area (Å²) >= 11 is 0. The Kier molecular flexibility index (Phi) is 7.42. The number of ether oxygens (including phenoxy) is 1. The molecule has 0 aliphatic heterocycles. The Morgan fingerprint density at radius 1 is 0.886 bits per heavy atom. The van der Waals surface area contributed by atoms with Gasteiger partial charge in [-0.25, -0.2) is 4.79 Å². The van der Waals surface area contributed by atoms with E-state index in [9.17, 15) is 19.5 Å². The highest BCUT2D eigenvalue weighted by atomic mass is 16.5. The zero-order valence-corrected chi connectivity index (χ0v) is 19.0. The van der Waals surface area contributed by atoms with Crippen LogP contribution in [0.25, 0.3) is 11.1 Å². The molecule has 2 atom stereocenters. The molecule has 1 aliphatic rings. The maximum Gasteiger partial charge on any atom is 0.407 e. The highest BCUT2D eigenvalue weighted by Crippen LogP contribution is 2.46. The predicted molar refractivity (Wildman–Crippen MR) is 130 cm³/mol. The number of alkyl carbamates (subject to hydrolysis) is 1. The number of benzene rings is 3. The Morgan fingerprint density at radius 2 is 1.46 bits per heavy atom. The van der Waals surface area contributed by atoms with Crippen molar-refractivity contribution in [1.29, 1.82) is 0 Å². The number of nitrogens with one attached hydrogen (secondary N) is 2. The van der Waals surface area contributed by atoms with Crippen molar-refractivity contribution in [2.24, 2.45) is 5.73 Å². The van der Waals surface area contributed by atoms with Crippen molar-refractivity contribution >= 4 is 17.9 Å². The Bertz CT molecular complexity index is 1170. The van der Waals surface area contributed by atoms with Crippen LogP contribution in [0.1, 0.15) is 29.0 Å².